The lowest BCUT2D eigenvalue weighted by molar-refractivity contribution is -0.147. The maximum absolute atomic E-state index is 12.1. The molecule has 4 rings (SSSR count). The van der Waals surface area contributed by atoms with Gasteiger partial charge >= 0.3 is 24.1 Å². The molecule has 0 radical (unpaired) electrons. The molecule has 36 heavy (non-hydrogen) atoms. The SMILES string of the molecule is COC(=O)[C@@H]1C[C@@H]2CC[C@H]1N2C(=O)OC(C)(C)C.COC(=O)[C@H]1C[C@H]2CC[C@@H]1N2C(=O)OC(C)(C)C. The van der Waals surface area contributed by atoms with Gasteiger partial charge in [-0.05, 0) is 80.1 Å². The number of nitrogens with zero attached hydrogens (tertiary/aromatic N) is 2. The zero-order valence-electron chi connectivity index (χ0n) is 22.9. The van der Waals surface area contributed by atoms with Gasteiger partial charge in [0, 0.05) is 24.2 Å². The molecular formula is C26H42N2O8. The molecule has 0 N–H and O–H groups in total. The first kappa shape index (κ1) is 28.1. The molecule has 4 aliphatic heterocycles. The van der Waals surface area contributed by atoms with Gasteiger partial charge in [0.25, 0.3) is 0 Å². The lowest BCUT2D eigenvalue weighted by Gasteiger charge is -2.27. The number of esters is 2. The highest BCUT2D eigenvalue weighted by molar-refractivity contribution is 5.78. The van der Waals surface area contributed by atoms with E-state index in [9.17, 15) is 19.2 Å². The van der Waals surface area contributed by atoms with E-state index in [1.807, 2.05) is 41.5 Å². The molecule has 4 bridgehead atoms. The van der Waals surface area contributed by atoms with E-state index in [4.69, 9.17) is 18.9 Å². The van der Waals surface area contributed by atoms with Gasteiger partial charge in [-0.2, -0.15) is 0 Å². The summed E-state index contributed by atoms with van der Waals surface area (Å²) in [4.78, 5) is 51.1. The number of hydrogen-bond donors (Lipinski definition) is 0. The molecule has 10 nitrogen and oxygen atoms in total. The van der Waals surface area contributed by atoms with Crippen LogP contribution >= 0.6 is 0 Å². The Balaban J connectivity index is 0.000000201. The molecule has 4 fully saturated rings. The summed E-state index contributed by atoms with van der Waals surface area (Å²) < 4.78 is 20.4. The van der Waals surface area contributed by atoms with Gasteiger partial charge in [0.15, 0.2) is 0 Å². The molecule has 10 heteroatoms. The van der Waals surface area contributed by atoms with Crippen molar-refractivity contribution in [2.24, 2.45) is 11.8 Å². The van der Waals surface area contributed by atoms with Crippen molar-refractivity contribution in [3.63, 3.8) is 0 Å². The van der Waals surface area contributed by atoms with Crippen LogP contribution in [0.5, 0.6) is 0 Å². The molecule has 4 aliphatic rings. The van der Waals surface area contributed by atoms with Crippen LogP contribution in [0, 0.1) is 11.8 Å². The van der Waals surface area contributed by atoms with Gasteiger partial charge in [0.1, 0.15) is 11.2 Å². The fourth-order valence-electron chi connectivity index (χ4n) is 5.99. The summed E-state index contributed by atoms with van der Waals surface area (Å²) in [6, 6.07) is 0.178. The van der Waals surface area contributed by atoms with Crippen LogP contribution in [0.25, 0.3) is 0 Å². The number of hydrogen-bond acceptors (Lipinski definition) is 8. The predicted octanol–water partition coefficient (Wildman–Crippen LogP) is 3.89. The van der Waals surface area contributed by atoms with Crippen molar-refractivity contribution in [1.29, 1.82) is 0 Å². The third-order valence-electron chi connectivity index (χ3n) is 7.29. The molecular weight excluding hydrogens is 468 g/mol. The lowest BCUT2D eigenvalue weighted by atomic mass is 9.89. The summed E-state index contributed by atoms with van der Waals surface area (Å²) in [5, 5.41) is 0. The summed E-state index contributed by atoms with van der Waals surface area (Å²) >= 11 is 0. The number of carbonyl (C=O) groups is 4. The van der Waals surface area contributed by atoms with Crippen LogP contribution in [0.3, 0.4) is 0 Å². The first-order valence-corrected chi connectivity index (χ1v) is 12.8. The van der Waals surface area contributed by atoms with Gasteiger partial charge in [-0.25, -0.2) is 9.59 Å². The van der Waals surface area contributed by atoms with E-state index in [0.717, 1.165) is 25.7 Å². The first-order chi connectivity index (χ1) is 16.7. The second-order valence-corrected chi connectivity index (χ2v) is 12.1. The number of rotatable bonds is 2. The van der Waals surface area contributed by atoms with Crippen molar-refractivity contribution in [1.82, 2.24) is 9.80 Å². The van der Waals surface area contributed by atoms with E-state index >= 15 is 0 Å². The average Bonchev–Trinajstić information content (AvgIpc) is 3.54. The third-order valence-corrected chi connectivity index (χ3v) is 7.29. The molecule has 2 amide bonds. The average molecular weight is 511 g/mol. The minimum absolute atomic E-state index is 0.0442. The Labute approximate surface area is 213 Å². The number of amides is 2. The Hall–Kier alpha value is -2.52. The van der Waals surface area contributed by atoms with E-state index in [1.54, 1.807) is 9.80 Å². The molecule has 0 aromatic carbocycles. The Bertz CT molecular complexity index is 791. The van der Waals surface area contributed by atoms with Gasteiger partial charge in [-0.15, -0.1) is 0 Å². The Morgan fingerprint density at radius 3 is 1.22 bits per heavy atom. The Morgan fingerprint density at radius 1 is 0.611 bits per heavy atom. The van der Waals surface area contributed by atoms with Crippen molar-refractivity contribution < 1.29 is 38.1 Å². The summed E-state index contributed by atoms with van der Waals surface area (Å²) in [5.74, 6) is -0.783. The fraction of sp³-hybridized carbons (Fsp3) is 0.846. The first-order valence-electron chi connectivity index (χ1n) is 12.8. The second-order valence-electron chi connectivity index (χ2n) is 12.1. The van der Waals surface area contributed by atoms with Crippen molar-refractivity contribution in [3.8, 4) is 0 Å². The number of carbonyl (C=O) groups excluding carboxylic acids is 4. The van der Waals surface area contributed by atoms with Crippen molar-refractivity contribution >= 4 is 24.1 Å². The standard InChI is InChI=1S/2C13H21NO4/c2*1-13(2,3)18-12(16)14-8-5-6-10(14)9(7-8)11(15)17-4/h2*8-10H,5-7H2,1-4H3/t2*8-,9+,10+/m10/s1. The molecule has 0 unspecified atom stereocenters. The maximum atomic E-state index is 12.1. The van der Waals surface area contributed by atoms with Crippen molar-refractivity contribution in [3.05, 3.63) is 0 Å². The molecule has 0 aromatic heterocycles. The molecule has 0 spiro atoms. The van der Waals surface area contributed by atoms with E-state index in [2.05, 4.69) is 0 Å². The van der Waals surface area contributed by atoms with Gasteiger partial charge in [-0.1, -0.05) is 0 Å². The van der Waals surface area contributed by atoms with Gasteiger partial charge < -0.3 is 28.7 Å². The highest BCUT2D eigenvalue weighted by Crippen LogP contribution is 2.44. The minimum Gasteiger partial charge on any atom is -0.469 e. The summed E-state index contributed by atoms with van der Waals surface area (Å²) in [6.07, 6.45) is 4.44. The Kier molecular flexibility index (Phi) is 8.15. The Morgan fingerprint density at radius 2 is 0.944 bits per heavy atom. The second kappa shape index (κ2) is 10.5. The van der Waals surface area contributed by atoms with Crippen LogP contribution in [0.4, 0.5) is 9.59 Å². The molecule has 4 saturated heterocycles. The summed E-state index contributed by atoms with van der Waals surface area (Å²) in [5.41, 5.74) is -1.00. The monoisotopic (exact) mass is 510 g/mol. The van der Waals surface area contributed by atoms with E-state index in [0.29, 0.717) is 12.8 Å². The number of methoxy groups -OCH3 is 2. The minimum atomic E-state index is -0.500. The van der Waals surface area contributed by atoms with E-state index in [1.165, 1.54) is 14.2 Å². The van der Waals surface area contributed by atoms with Crippen LogP contribution in [-0.2, 0) is 28.5 Å². The van der Waals surface area contributed by atoms with Crippen molar-refractivity contribution in [2.75, 3.05) is 14.2 Å². The molecule has 4 heterocycles. The molecule has 6 atom stereocenters. The van der Waals surface area contributed by atoms with E-state index in [-0.39, 0.29) is 60.1 Å². The van der Waals surface area contributed by atoms with Gasteiger partial charge in [0.05, 0.1) is 26.1 Å². The number of ether oxygens (including phenoxy) is 4. The lowest BCUT2D eigenvalue weighted by Crippen LogP contribution is -2.41. The quantitative estimate of drug-likeness (QED) is 0.406. The van der Waals surface area contributed by atoms with Crippen LogP contribution in [0.2, 0.25) is 0 Å². The van der Waals surface area contributed by atoms with Gasteiger partial charge in [0.2, 0.25) is 0 Å². The van der Waals surface area contributed by atoms with Crippen LogP contribution in [-0.4, -0.2) is 83.5 Å². The molecule has 0 aliphatic carbocycles. The van der Waals surface area contributed by atoms with Gasteiger partial charge in [-0.3, -0.25) is 9.59 Å². The highest BCUT2D eigenvalue weighted by atomic mass is 16.6. The highest BCUT2D eigenvalue weighted by Gasteiger charge is 2.54. The summed E-state index contributed by atoms with van der Waals surface area (Å²) in [7, 11) is 2.79. The zero-order chi connectivity index (χ0) is 27.0. The normalized spacial score (nSPS) is 30.4. The predicted molar refractivity (Wildman–Crippen MR) is 130 cm³/mol. The maximum Gasteiger partial charge on any atom is 0.410 e. The van der Waals surface area contributed by atoms with E-state index < -0.39 is 11.2 Å². The molecule has 0 aromatic rings. The molecule has 0 saturated carbocycles. The van der Waals surface area contributed by atoms with Crippen LogP contribution in [0.1, 0.15) is 80.1 Å². The van der Waals surface area contributed by atoms with Crippen LogP contribution in [0.15, 0.2) is 0 Å². The largest absolute Gasteiger partial charge is 0.469 e. The topological polar surface area (TPSA) is 112 Å². The smallest absolute Gasteiger partial charge is 0.410 e. The third kappa shape index (κ3) is 6.06. The number of fused-ring (bicyclic) bond motifs is 4. The zero-order valence-corrected chi connectivity index (χ0v) is 22.9. The summed E-state index contributed by atoms with van der Waals surface area (Å²) in [6.45, 7) is 11.1. The molecule has 204 valence electrons. The van der Waals surface area contributed by atoms with Crippen molar-refractivity contribution in [2.45, 2.75) is 115 Å². The van der Waals surface area contributed by atoms with Crippen LogP contribution < -0.4 is 0 Å². The fourth-order valence-corrected chi connectivity index (χ4v) is 5.99.